The summed E-state index contributed by atoms with van der Waals surface area (Å²) >= 11 is 0. The lowest BCUT2D eigenvalue weighted by molar-refractivity contribution is -0.167. The van der Waals surface area contributed by atoms with Crippen molar-refractivity contribution in [2.24, 2.45) is 5.41 Å². The number of carboxylic acid groups (broad SMARTS) is 2. The molecule has 0 fully saturated rings. The zero-order valence-electron chi connectivity index (χ0n) is 6.83. The molecule has 0 aliphatic rings. The number of Topliss-reactive ketones (excluding diaryl/α,β-unsaturated/α-hetero) is 1. The van der Waals surface area contributed by atoms with E-state index in [0.717, 1.165) is 6.92 Å². The van der Waals surface area contributed by atoms with Gasteiger partial charge in [-0.25, -0.2) is 0 Å². The molecule has 68 valence electrons. The molecule has 0 atom stereocenters. The van der Waals surface area contributed by atoms with Gasteiger partial charge in [0.05, 0.1) is 0 Å². The van der Waals surface area contributed by atoms with E-state index in [2.05, 4.69) is 0 Å². The minimum Gasteiger partial charge on any atom is -0.480 e. The molecule has 0 radical (unpaired) electrons. The molecule has 0 saturated heterocycles. The van der Waals surface area contributed by atoms with Crippen molar-refractivity contribution in [2.45, 2.75) is 20.3 Å². The van der Waals surface area contributed by atoms with Crippen LogP contribution in [-0.2, 0) is 14.4 Å². The SMILES string of the molecule is CCC(C(C)=O)(C(=O)O)C(=O)O. The number of carboxylic acids is 2. The second kappa shape index (κ2) is 3.34. The van der Waals surface area contributed by atoms with Crippen molar-refractivity contribution in [3.05, 3.63) is 0 Å². The van der Waals surface area contributed by atoms with Gasteiger partial charge in [0.25, 0.3) is 0 Å². The Kier molecular flexibility index (Phi) is 2.95. The Morgan fingerprint density at radius 3 is 1.50 bits per heavy atom. The molecule has 12 heavy (non-hydrogen) atoms. The molecule has 0 unspecified atom stereocenters. The van der Waals surface area contributed by atoms with Crippen LogP contribution in [-0.4, -0.2) is 27.9 Å². The lowest BCUT2D eigenvalue weighted by Crippen LogP contribution is -2.44. The Bertz CT molecular complexity index is 194. The molecule has 0 aromatic carbocycles. The maximum absolute atomic E-state index is 10.8. The molecule has 0 bridgehead atoms. The smallest absolute Gasteiger partial charge is 0.328 e. The van der Waals surface area contributed by atoms with Crippen LogP contribution in [0.3, 0.4) is 0 Å². The second-order valence-corrected chi connectivity index (χ2v) is 2.43. The first kappa shape index (κ1) is 10.6. The third-order valence-electron chi connectivity index (χ3n) is 1.86. The summed E-state index contributed by atoms with van der Waals surface area (Å²) in [6.07, 6.45) is -0.243. The first-order chi connectivity index (χ1) is 5.39. The molecule has 0 aromatic rings. The van der Waals surface area contributed by atoms with Crippen LogP contribution in [0.2, 0.25) is 0 Å². The molecule has 2 N–H and O–H groups in total. The summed E-state index contributed by atoms with van der Waals surface area (Å²) in [4.78, 5) is 31.9. The van der Waals surface area contributed by atoms with E-state index in [1.807, 2.05) is 0 Å². The fraction of sp³-hybridized carbons (Fsp3) is 0.571. The highest BCUT2D eigenvalue weighted by Gasteiger charge is 2.49. The average molecular weight is 174 g/mol. The molecule has 0 aliphatic carbocycles. The van der Waals surface area contributed by atoms with Gasteiger partial charge in [-0.05, 0) is 13.3 Å². The summed E-state index contributed by atoms with van der Waals surface area (Å²) in [7, 11) is 0. The Hall–Kier alpha value is -1.39. The Labute approximate surface area is 69.0 Å². The topological polar surface area (TPSA) is 91.7 Å². The number of carbonyl (C=O) groups excluding carboxylic acids is 1. The number of rotatable bonds is 4. The molecule has 0 spiro atoms. The van der Waals surface area contributed by atoms with Gasteiger partial charge < -0.3 is 10.2 Å². The van der Waals surface area contributed by atoms with Crippen molar-refractivity contribution in [3.63, 3.8) is 0 Å². The van der Waals surface area contributed by atoms with Crippen LogP contribution in [0.25, 0.3) is 0 Å². The van der Waals surface area contributed by atoms with Crippen LogP contribution >= 0.6 is 0 Å². The van der Waals surface area contributed by atoms with E-state index in [1.54, 1.807) is 0 Å². The summed E-state index contributed by atoms with van der Waals surface area (Å²) < 4.78 is 0. The second-order valence-electron chi connectivity index (χ2n) is 2.43. The number of carbonyl (C=O) groups is 3. The quantitative estimate of drug-likeness (QED) is 0.591. The lowest BCUT2D eigenvalue weighted by Gasteiger charge is -2.18. The van der Waals surface area contributed by atoms with E-state index >= 15 is 0 Å². The summed E-state index contributed by atoms with van der Waals surface area (Å²) in [6, 6.07) is 0. The minimum absolute atomic E-state index is 0.243. The van der Waals surface area contributed by atoms with Gasteiger partial charge in [0.1, 0.15) is 0 Å². The summed E-state index contributed by atoms with van der Waals surface area (Å²) in [6.45, 7) is 2.31. The lowest BCUT2D eigenvalue weighted by atomic mass is 9.81. The third kappa shape index (κ3) is 1.30. The van der Waals surface area contributed by atoms with Gasteiger partial charge in [-0.2, -0.15) is 0 Å². The van der Waals surface area contributed by atoms with Gasteiger partial charge in [0, 0.05) is 0 Å². The standard InChI is InChI=1S/C7H10O5/c1-3-7(4(2)8,5(9)10)6(11)12/h3H2,1-2H3,(H,9,10)(H,11,12). The maximum Gasteiger partial charge on any atom is 0.328 e. The molecule has 5 nitrogen and oxygen atoms in total. The molecule has 0 heterocycles. The van der Waals surface area contributed by atoms with Crippen LogP contribution in [0, 0.1) is 5.41 Å². The van der Waals surface area contributed by atoms with Gasteiger partial charge in [-0.3, -0.25) is 14.4 Å². The normalized spacial score (nSPS) is 10.8. The highest BCUT2D eigenvalue weighted by atomic mass is 16.4. The zero-order chi connectivity index (χ0) is 9.94. The van der Waals surface area contributed by atoms with E-state index in [4.69, 9.17) is 10.2 Å². The van der Waals surface area contributed by atoms with Crippen molar-refractivity contribution in [1.82, 2.24) is 0 Å². The molecule has 0 aliphatic heterocycles. The highest BCUT2D eigenvalue weighted by molar-refractivity contribution is 6.18. The van der Waals surface area contributed by atoms with Crippen LogP contribution in [0.5, 0.6) is 0 Å². The highest BCUT2D eigenvalue weighted by Crippen LogP contribution is 2.23. The number of hydrogen-bond acceptors (Lipinski definition) is 3. The van der Waals surface area contributed by atoms with Gasteiger partial charge in [0.15, 0.2) is 5.78 Å². The van der Waals surface area contributed by atoms with Crippen LogP contribution in [0.1, 0.15) is 20.3 Å². The first-order valence-electron chi connectivity index (χ1n) is 3.37. The Morgan fingerprint density at radius 2 is 1.50 bits per heavy atom. The van der Waals surface area contributed by atoms with Gasteiger partial charge in [-0.15, -0.1) is 0 Å². The van der Waals surface area contributed by atoms with Crippen LogP contribution < -0.4 is 0 Å². The number of hydrogen-bond donors (Lipinski definition) is 2. The zero-order valence-corrected chi connectivity index (χ0v) is 6.83. The Morgan fingerprint density at radius 1 is 1.17 bits per heavy atom. The Balaban J connectivity index is 5.19. The van der Waals surface area contributed by atoms with Crippen molar-refractivity contribution in [2.75, 3.05) is 0 Å². The van der Waals surface area contributed by atoms with Gasteiger partial charge >= 0.3 is 11.9 Å². The monoisotopic (exact) mass is 174 g/mol. The van der Waals surface area contributed by atoms with E-state index in [9.17, 15) is 14.4 Å². The number of aliphatic carboxylic acids is 2. The molecule has 0 aromatic heterocycles. The van der Waals surface area contributed by atoms with Gasteiger partial charge in [-0.1, -0.05) is 6.92 Å². The molecule has 0 rings (SSSR count). The van der Waals surface area contributed by atoms with E-state index in [1.165, 1.54) is 6.92 Å². The van der Waals surface area contributed by atoms with E-state index < -0.39 is 23.1 Å². The van der Waals surface area contributed by atoms with Crippen molar-refractivity contribution < 1.29 is 24.6 Å². The molecular weight excluding hydrogens is 164 g/mol. The average Bonchev–Trinajstić information content (AvgIpc) is 1.86. The van der Waals surface area contributed by atoms with Crippen molar-refractivity contribution in [3.8, 4) is 0 Å². The van der Waals surface area contributed by atoms with Gasteiger partial charge in [0.2, 0.25) is 5.41 Å². The predicted octanol–water partition coefficient (Wildman–Crippen LogP) is 0.141. The summed E-state index contributed by atoms with van der Waals surface area (Å²) in [5.41, 5.74) is -2.26. The molecular formula is C7H10O5. The third-order valence-corrected chi connectivity index (χ3v) is 1.86. The maximum atomic E-state index is 10.8. The first-order valence-corrected chi connectivity index (χ1v) is 3.37. The van der Waals surface area contributed by atoms with Crippen LogP contribution in [0.15, 0.2) is 0 Å². The van der Waals surface area contributed by atoms with Crippen molar-refractivity contribution >= 4 is 17.7 Å². The molecule has 0 amide bonds. The van der Waals surface area contributed by atoms with Crippen LogP contribution in [0.4, 0.5) is 0 Å². The molecule has 0 saturated carbocycles. The summed E-state index contributed by atoms with van der Waals surface area (Å²) in [5, 5.41) is 17.1. The van der Waals surface area contributed by atoms with Crippen molar-refractivity contribution in [1.29, 1.82) is 0 Å². The largest absolute Gasteiger partial charge is 0.480 e. The van der Waals surface area contributed by atoms with E-state index in [0.29, 0.717) is 0 Å². The fourth-order valence-corrected chi connectivity index (χ4v) is 0.944. The fourth-order valence-electron chi connectivity index (χ4n) is 0.944. The summed E-state index contributed by atoms with van der Waals surface area (Å²) in [5.74, 6) is -4.07. The van der Waals surface area contributed by atoms with E-state index in [-0.39, 0.29) is 6.42 Å². The minimum atomic E-state index is -2.26. The molecule has 5 heteroatoms. The number of ketones is 1. The predicted molar refractivity (Wildman–Crippen MR) is 38.7 cm³/mol.